The summed E-state index contributed by atoms with van der Waals surface area (Å²) in [5, 5.41) is 16.8. The van der Waals surface area contributed by atoms with Gasteiger partial charge in [-0.25, -0.2) is 4.79 Å². The summed E-state index contributed by atoms with van der Waals surface area (Å²) in [7, 11) is 1.62. The van der Waals surface area contributed by atoms with E-state index >= 15 is 0 Å². The highest BCUT2D eigenvalue weighted by atomic mass is 35.5. The summed E-state index contributed by atoms with van der Waals surface area (Å²) >= 11 is 12.1. The Hall–Kier alpha value is -2.31. The van der Waals surface area contributed by atoms with Crippen LogP contribution >= 0.6 is 23.2 Å². The highest BCUT2D eigenvalue weighted by Gasteiger charge is 2.37. The van der Waals surface area contributed by atoms with E-state index in [-0.39, 0.29) is 5.91 Å². The van der Waals surface area contributed by atoms with Gasteiger partial charge in [0.15, 0.2) is 0 Å². The Morgan fingerprint density at radius 2 is 2.21 bits per heavy atom. The zero-order chi connectivity index (χ0) is 17.4. The van der Waals surface area contributed by atoms with Gasteiger partial charge in [-0.3, -0.25) is 9.89 Å². The average Bonchev–Trinajstić information content (AvgIpc) is 3.02. The second kappa shape index (κ2) is 6.30. The first-order valence-electron chi connectivity index (χ1n) is 7.08. The van der Waals surface area contributed by atoms with Gasteiger partial charge in [-0.2, -0.15) is 5.10 Å². The number of amides is 1. The van der Waals surface area contributed by atoms with E-state index in [9.17, 15) is 9.59 Å². The van der Waals surface area contributed by atoms with E-state index in [1.165, 1.54) is 11.0 Å². The molecule has 0 saturated carbocycles. The molecule has 2 heterocycles. The molecule has 124 valence electrons. The Morgan fingerprint density at radius 3 is 2.88 bits per heavy atom. The van der Waals surface area contributed by atoms with Crippen molar-refractivity contribution in [2.45, 2.75) is 12.5 Å². The molecule has 3 rings (SSSR count). The number of halogens is 2. The Bertz CT molecular complexity index is 860. The Labute approximate surface area is 147 Å². The quantitative estimate of drug-likeness (QED) is 0.815. The summed E-state index contributed by atoms with van der Waals surface area (Å²) in [5.74, 6) is -1.30. The van der Waals surface area contributed by atoms with Crippen LogP contribution in [-0.2, 0) is 11.2 Å². The molecule has 0 fully saturated rings. The second-order valence-electron chi connectivity index (χ2n) is 5.43. The smallest absolute Gasteiger partial charge is 0.328 e. The fraction of sp³-hybridized carbons (Fsp3) is 0.188. The number of aromatic amines is 1. The third-order valence-electron chi connectivity index (χ3n) is 3.92. The molecule has 1 aliphatic heterocycles. The van der Waals surface area contributed by atoms with E-state index in [0.717, 1.165) is 11.6 Å². The molecule has 0 saturated heterocycles. The molecule has 1 aliphatic rings. The molecule has 1 unspecified atom stereocenters. The molecule has 2 N–H and O–H groups in total. The molecule has 0 spiro atoms. The van der Waals surface area contributed by atoms with Crippen LogP contribution in [0.2, 0.25) is 10.0 Å². The Balaban J connectivity index is 1.99. The zero-order valence-corrected chi connectivity index (χ0v) is 14.1. The number of aromatic nitrogens is 2. The van der Waals surface area contributed by atoms with Gasteiger partial charge in [-0.15, -0.1) is 0 Å². The van der Waals surface area contributed by atoms with Crippen molar-refractivity contribution in [1.29, 1.82) is 0 Å². The molecular formula is C16H13Cl2N3O3. The fourth-order valence-corrected chi connectivity index (χ4v) is 3.22. The number of hydrogen-bond donors (Lipinski definition) is 2. The summed E-state index contributed by atoms with van der Waals surface area (Å²) in [4.78, 5) is 24.5. The van der Waals surface area contributed by atoms with Crippen LogP contribution in [-0.4, -0.2) is 39.1 Å². The average molecular weight is 366 g/mol. The molecular weight excluding hydrogens is 353 g/mol. The molecule has 1 amide bonds. The van der Waals surface area contributed by atoms with Crippen molar-refractivity contribution in [2.75, 3.05) is 7.05 Å². The van der Waals surface area contributed by atoms with Gasteiger partial charge < -0.3 is 10.0 Å². The largest absolute Gasteiger partial charge is 0.478 e. The molecule has 6 nitrogen and oxygen atoms in total. The van der Waals surface area contributed by atoms with Crippen molar-refractivity contribution in [1.82, 2.24) is 15.1 Å². The minimum atomic E-state index is -1.07. The van der Waals surface area contributed by atoms with Gasteiger partial charge in [-0.05, 0) is 17.7 Å². The van der Waals surface area contributed by atoms with Crippen LogP contribution in [0.5, 0.6) is 0 Å². The topological polar surface area (TPSA) is 86.3 Å². The van der Waals surface area contributed by atoms with Crippen molar-refractivity contribution in [3.8, 4) is 0 Å². The fourth-order valence-electron chi connectivity index (χ4n) is 2.75. The van der Waals surface area contributed by atoms with Gasteiger partial charge >= 0.3 is 5.97 Å². The number of carbonyl (C=O) groups is 2. The normalized spacial score (nSPS) is 16.9. The number of H-pyrrole nitrogens is 1. The lowest BCUT2D eigenvalue weighted by Crippen LogP contribution is -2.23. The van der Waals surface area contributed by atoms with E-state index in [4.69, 9.17) is 28.3 Å². The molecule has 0 radical (unpaired) electrons. The van der Waals surface area contributed by atoms with Crippen LogP contribution in [0, 0.1) is 0 Å². The van der Waals surface area contributed by atoms with E-state index in [1.807, 2.05) is 0 Å². The van der Waals surface area contributed by atoms with E-state index in [2.05, 4.69) is 10.2 Å². The lowest BCUT2D eigenvalue weighted by atomic mass is 10.0. The number of fused-ring (bicyclic) bond motifs is 1. The van der Waals surface area contributed by atoms with Crippen LogP contribution in [0.4, 0.5) is 0 Å². The van der Waals surface area contributed by atoms with Crippen LogP contribution in [0.15, 0.2) is 30.4 Å². The number of aliphatic carboxylic acids is 1. The van der Waals surface area contributed by atoms with Crippen molar-refractivity contribution in [3.63, 3.8) is 0 Å². The first-order valence-corrected chi connectivity index (χ1v) is 7.83. The van der Waals surface area contributed by atoms with Gasteiger partial charge in [0.25, 0.3) is 5.91 Å². The first-order chi connectivity index (χ1) is 11.4. The molecule has 1 aromatic heterocycles. The number of hydrogen-bond acceptors (Lipinski definition) is 3. The minimum absolute atomic E-state index is 0.231. The van der Waals surface area contributed by atoms with Crippen LogP contribution < -0.4 is 0 Å². The number of nitrogens with one attached hydrogen (secondary N) is 1. The van der Waals surface area contributed by atoms with Crippen molar-refractivity contribution in [3.05, 3.63) is 62.9 Å². The third-order valence-corrected chi connectivity index (χ3v) is 4.51. The molecule has 8 heteroatoms. The molecule has 1 atom stereocenters. The van der Waals surface area contributed by atoms with Gasteiger partial charge in [0.05, 0.1) is 11.7 Å². The number of carboxylic acids is 1. The SMILES string of the molecule is CN1C(=O)c2[nH]nc(Cc3ccc(Cl)cc3Cl)c2C1C=CC(=O)O. The Kier molecular flexibility index (Phi) is 4.34. The van der Waals surface area contributed by atoms with Gasteiger partial charge in [-0.1, -0.05) is 35.3 Å². The molecule has 0 aliphatic carbocycles. The Morgan fingerprint density at radius 1 is 1.46 bits per heavy atom. The number of carboxylic acid groups (broad SMARTS) is 1. The number of carbonyl (C=O) groups excluding carboxylic acids is 1. The summed E-state index contributed by atoms with van der Waals surface area (Å²) in [6, 6.07) is 4.69. The number of benzene rings is 1. The number of rotatable bonds is 4. The van der Waals surface area contributed by atoms with Crippen molar-refractivity contribution >= 4 is 35.1 Å². The first kappa shape index (κ1) is 16.5. The second-order valence-corrected chi connectivity index (χ2v) is 6.27. The molecule has 1 aromatic carbocycles. The maximum atomic E-state index is 12.3. The van der Waals surface area contributed by atoms with Gasteiger partial charge in [0, 0.05) is 35.2 Å². The van der Waals surface area contributed by atoms with E-state index in [0.29, 0.717) is 33.4 Å². The summed E-state index contributed by atoms with van der Waals surface area (Å²) in [6.07, 6.45) is 2.89. The predicted octanol–water partition coefficient (Wildman–Crippen LogP) is 3.07. The molecule has 0 bridgehead atoms. The maximum Gasteiger partial charge on any atom is 0.328 e. The van der Waals surface area contributed by atoms with Gasteiger partial charge in [0.2, 0.25) is 0 Å². The highest BCUT2D eigenvalue weighted by Crippen LogP contribution is 2.36. The summed E-state index contributed by atoms with van der Waals surface area (Å²) in [5.41, 5.74) is 2.51. The van der Waals surface area contributed by atoms with E-state index < -0.39 is 12.0 Å². The van der Waals surface area contributed by atoms with Gasteiger partial charge in [0.1, 0.15) is 5.69 Å². The maximum absolute atomic E-state index is 12.3. The van der Waals surface area contributed by atoms with Crippen LogP contribution in [0.25, 0.3) is 0 Å². The lowest BCUT2D eigenvalue weighted by Gasteiger charge is -2.17. The third kappa shape index (κ3) is 2.90. The lowest BCUT2D eigenvalue weighted by molar-refractivity contribution is -0.131. The van der Waals surface area contributed by atoms with Crippen molar-refractivity contribution < 1.29 is 14.7 Å². The summed E-state index contributed by atoms with van der Waals surface area (Å²) in [6.45, 7) is 0. The predicted molar refractivity (Wildman–Crippen MR) is 89.5 cm³/mol. The zero-order valence-electron chi connectivity index (χ0n) is 12.6. The number of likely N-dealkylation sites (N-methyl/N-ethyl adjacent to an activating group) is 1. The van der Waals surface area contributed by atoms with Crippen LogP contribution in [0.3, 0.4) is 0 Å². The van der Waals surface area contributed by atoms with Crippen molar-refractivity contribution in [2.24, 2.45) is 0 Å². The summed E-state index contributed by atoms with van der Waals surface area (Å²) < 4.78 is 0. The van der Waals surface area contributed by atoms with E-state index in [1.54, 1.807) is 25.2 Å². The van der Waals surface area contributed by atoms with Crippen LogP contribution in [0.1, 0.15) is 33.4 Å². The number of nitrogens with zero attached hydrogens (tertiary/aromatic N) is 2. The highest BCUT2D eigenvalue weighted by molar-refractivity contribution is 6.35. The monoisotopic (exact) mass is 365 g/mol. The standard InChI is InChI=1S/C16H13Cl2N3O3/c1-21-12(4-5-13(22)23)14-11(19-20-15(14)16(21)24)6-8-2-3-9(17)7-10(8)18/h2-5,7,12H,6H2,1H3,(H,19,20)(H,22,23). The minimum Gasteiger partial charge on any atom is -0.478 e. The molecule has 2 aromatic rings. The molecule has 24 heavy (non-hydrogen) atoms.